The van der Waals surface area contributed by atoms with Crippen LogP contribution in [0.4, 0.5) is 0 Å². The summed E-state index contributed by atoms with van der Waals surface area (Å²) in [6, 6.07) is 8.15. The molecule has 0 atom stereocenters. The molecule has 7 nitrogen and oxygen atoms in total. The lowest BCUT2D eigenvalue weighted by Crippen LogP contribution is -2.49. The van der Waals surface area contributed by atoms with Crippen molar-refractivity contribution in [2.45, 2.75) is 39.2 Å². The minimum absolute atomic E-state index is 0.188. The first-order valence-electron chi connectivity index (χ1n) is 10.1. The molecule has 1 fully saturated rings. The van der Waals surface area contributed by atoms with Gasteiger partial charge in [0.2, 0.25) is 11.8 Å². The number of aryl methyl sites for hydroxylation is 1. The van der Waals surface area contributed by atoms with Crippen molar-refractivity contribution < 1.29 is 9.21 Å². The predicted molar refractivity (Wildman–Crippen MR) is 114 cm³/mol. The highest BCUT2D eigenvalue weighted by Gasteiger charge is 2.42. The second-order valence-electron chi connectivity index (χ2n) is 7.95. The number of nitrogens with one attached hydrogen (secondary N) is 2. The van der Waals surface area contributed by atoms with Crippen molar-refractivity contribution in [1.82, 2.24) is 20.5 Å². The van der Waals surface area contributed by atoms with Gasteiger partial charge >= 0.3 is 0 Å². The minimum atomic E-state index is -0.345. The van der Waals surface area contributed by atoms with Crippen LogP contribution in [0.2, 0.25) is 0 Å². The quantitative estimate of drug-likeness (QED) is 0.578. The van der Waals surface area contributed by atoms with Gasteiger partial charge in [-0.3, -0.25) is 9.79 Å². The van der Waals surface area contributed by atoms with Crippen molar-refractivity contribution in [1.29, 1.82) is 0 Å². The van der Waals surface area contributed by atoms with E-state index >= 15 is 0 Å². The summed E-state index contributed by atoms with van der Waals surface area (Å²) in [5.74, 6) is 2.15. The summed E-state index contributed by atoms with van der Waals surface area (Å²) in [6.45, 7) is 3.05. The summed E-state index contributed by atoms with van der Waals surface area (Å²) in [6.07, 6.45) is 5.74. The molecular formula is C22H31N5O2. The Balaban J connectivity index is 1.57. The van der Waals surface area contributed by atoms with E-state index in [-0.39, 0.29) is 11.3 Å². The molecule has 1 aromatic heterocycles. The van der Waals surface area contributed by atoms with E-state index < -0.39 is 0 Å². The van der Waals surface area contributed by atoms with E-state index in [4.69, 9.17) is 4.42 Å². The average Bonchev–Trinajstić information content (AvgIpc) is 3.38. The van der Waals surface area contributed by atoms with Crippen LogP contribution in [0.15, 0.2) is 39.9 Å². The first-order chi connectivity index (χ1) is 13.9. The van der Waals surface area contributed by atoms with Gasteiger partial charge in [0.05, 0.1) is 18.2 Å². The molecule has 1 heterocycles. The maximum absolute atomic E-state index is 12.7. The molecule has 1 aliphatic carbocycles. The van der Waals surface area contributed by atoms with Crippen molar-refractivity contribution >= 4 is 11.9 Å². The van der Waals surface area contributed by atoms with Crippen LogP contribution in [0.25, 0.3) is 11.3 Å². The van der Waals surface area contributed by atoms with Crippen LogP contribution in [-0.2, 0) is 11.3 Å². The zero-order chi connectivity index (χ0) is 20.9. The maximum Gasteiger partial charge on any atom is 0.230 e. The Bertz CT molecular complexity index is 848. The molecule has 156 valence electrons. The molecule has 3 rings (SSSR count). The van der Waals surface area contributed by atoms with Crippen LogP contribution in [-0.4, -0.2) is 49.4 Å². The molecule has 2 N–H and O–H groups in total. The summed E-state index contributed by atoms with van der Waals surface area (Å²) in [5, 5.41) is 6.55. The molecule has 0 radical (unpaired) electrons. The van der Waals surface area contributed by atoms with E-state index in [1.807, 2.05) is 26.2 Å². The Labute approximate surface area is 172 Å². The summed E-state index contributed by atoms with van der Waals surface area (Å²) in [4.78, 5) is 23.0. The van der Waals surface area contributed by atoms with Gasteiger partial charge in [0.15, 0.2) is 11.7 Å². The second-order valence-corrected chi connectivity index (χ2v) is 7.95. The molecule has 1 aliphatic rings. The minimum Gasteiger partial charge on any atom is -0.439 e. The van der Waals surface area contributed by atoms with Crippen molar-refractivity contribution in [3.05, 3.63) is 41.9 Å². The molecule has 0 bridgehead atoms. The Hall–Kier alpha value is -2.83. The zero-order valence-corrected chi connectivity index (χ0v) is 17.8. The van der Waals surface area contributed by atoms with Gasteiger partial charge in [0, 0.05) is 33.3 Å². The number of nitrogens with zero attached hydrogens (tertiary/aromatic N) is 3. The van der Waals surface area contributed by atoms with Crippen molar-refractivity contribution in [2.75, 3.05) is 27.7 Å². The number of hydrogen-bond acceptors (Lipinski definition) is 4. The van der Waals surface area contributed by atoms with E-state index in [2.05, 4.69) is 39.7 Å². The summed E-state index contributed by atoms with van der Waals surface area (Å²) < 4.78 is 5.85. The molecule has 1 saturated carbocycles. The Morgan fingerprint density at radius 1 is 1.21 bits per heavy atom. The Morgan fingerprint density at radius 3 is 2.52 bits per heavy atom. The number of aliphatic imine (C=N–C) groups is 1. The fourth-order valence-corrected chi connectivity index (χ4v) is 3.87. The highest BCUT2D eigenvalue weighted by molar-refractivity contribution is 5.85. The van der Waals surface area contributed by atoms with Crippen molar-refractivity contribution in [3.8, 4) is 11.3 Å². The van der Waals surface area contributed by atoms with Crippen LogP contribution in [0.3, 0.4) is 0 Å². The monoisotopic (exact) mass is 397 g/mol. The van der Waals surface area contributed by atoms with Gasteiger partial charge in [-0.2, -0.15) is 0 Å². The number of aromatic nitrogens is 1. The molecule has 0 aliphatic heterocycles. The van der Waals surface area contributed by atoms with E-state index in [0.717, 1.165) is 37.0 Å². The van der Waals surface area contributed by atoms with Crippen LogP contribution in [0.5, 0.6) is 0 Å². The molecule has 29 heavy (non-hydrogen) atoms. The predicted octanol–water partition coefficient (Wildman–Crippen LogP) is 2.96. The summed E-state index contributed by atoms with van der Waals surface area (Å²) >= 11 is 0. The molecule has 0 unspecified atom stereocenters. The number of carbonyl (C=O) groups is 1. The lowest BCUT2D eigenvalue weighted by molar-refractivity contribution is -0.138. The lowest BCUT2D eigenvalue weighted by Gasteiger charge is -2.31. The molecule has 1 aromatic carbocycles. The zero-order valence-electron chi connectivity index (χ0n) is 17.8. The standard InChI is InChI=1S/C22H31N5O2/c1-16-7-9-17(10-8-16)18-13-24-19(29-18)14-25-21(23-2)26-15-22(11-5-6-12-22)20(28)27(3)4/h7-10,13H,5-6,11-12,14-15H2,1-4H3,(H2,23,25,26). The molecule has 0 saturated heterocycles. The van der Waals surface area contributed by atoms with Gasteiger partial charge in [-0.15, -0.1) is 0 Å². The average molecular weight is 398 g/mol. The van der Waals surface area contributed by atoms with E-state index in [1.165, 1.54) is 5.56 Å². The molecule has 7 heteroatoms. The number of hydrogen-bond donors (Lipinski definition) is 2. The number of oxazole rings is 1. The van der Waals surface area contributed by atoms with Crippen LogP contribution in [0, 0.1) is 12.3 Å². The van der Waals surface area contributed by atoms with Gasteiger partial charge in [0.25, 0.3) is 0 Å². The number of rotatable bonds is 6. The molecular weight excluding hydrogens is 366 g/mol. The number of guanidine groups is 1. The lowest BCUT2D eigenvalue weighted by atomic mass is 9.84. The Kier molecular flexibility index (Phi) is 6.56. The van der Waals surface area contributed by atoms with Crippen LogP contribution >= 0.6 is 0 Å². The third-order valence-corrected chi connectivity index (χ3v) is 5.54. The molecule has 2 aromatic rings. The van der Waals surface area contributed by atoms with Crippen molar-refractivity contribution in [3.63, 3.8) is 0 Å². The Morgan fingerprint density at radius 2 is 1.90 bits per heavy atom. The smallest absolute Gasteiger partial charge is 0.230 e. The number of amides is 1. The van der Waals surface area contributed by atoms with E-state index in [0.29, 0.717) is 24.9 Å². The van der Waals surface area contributed by atoms with Crippen LogP contribution < -0.4 is 10.6 Å². The second kappa shape index (κ2) is 9.11. The first-order valence-corrected chi connectivity index (χ1v) is 10.1. The number of carbonyl (C=O) groups excluding carboxylic acids is 1. The summed E-state index contributed by atoms with van der Waals surface area (Å²) in [7, 11) is 5.37. The summed E-state index contributed by atoms with van der Waals surface area (Å²) in [5.41, 5.74) is 1.86. The van der Waals surface area contributed by atoms with Gasteiger partial charge in [-0.25, -0.2) is 4.98 Å². The highest BCUT2D eigenvalue weighted by Crippen LogP contribution is 2.38. The van der Waals surface area contributed by atoms with Crippen molar-refractivity contribution in [2.24, 2.45) is 10.4 Å². The molecule has 1 amide bonds. The topological polar surface area (TPSA) is 82.8 Å². The first kappa shape index (κ1) is 20.9. The third kappa shape index (κ3) is 4.96. The van der Waals surface area contributed by atoms with Gasteiger partial charge in [0.1, 0.15) is 0 Å². The van der Waals surface area contributed by atoms with Gasteiger partial charge < -0.3 is 20.0 Å². The fraction of sp³-hybridized carbons (Fsp3) is 0.500. The normalized spacial score (nSPS) is 15.9. The molecule has 0 spiro atoms. The number of benzene rings is 1. The van der Waals surface area contributed by atoms with E-state index in [9.17, 15) is 4.79 Å². The third-order valence-electron chi connectivity index (χ3n) is 5.54. The van der Waals surface area contributed by atoms with Gasteiger partial charge in [-0.1, -0.05) is 42.7 Å². The SMILES string of the molecule is CN=C(NCc1ncc(-c2ccc(C)cc2)o1)NCC1(C(=O)N(C)C)CCCC1. The maximum atomic E-state index is 12.7. The highest BCUT2D eigenvalue weighted by atomic mass is 16.4. The van der Waals surface area contributed by atoms with E-state index in [1.54, 1.807) is 18.1 Å². The fourth-order valence-electron chi connectivity index (χ4n) is 3.87. The largest absolute Gasteiger partial charge is 0.439 e. The van der Waals surface area contributed by atoms with Gasteiger partial charge in [-0.05, 0) is 19.8 Å². The van der Waals surface area contributed by atoms with Crippen LogP contribution in [0.1, 0.15) is 37.1 Å².